The predicted molar refractivity (Wildman–Crippen MR) is 67.6 cm³/mol. The molecule has 0 aromatic heterocycles. The lowest BCUT2D eigenvalue weighted by atomic mass is 9.99. The molecule has 22 heavy (non-hydrogen) atoms. The molecule has 10 heteroatoms. The van der Waals surface area contributed by atoms with Gasteiger partial charge in [-0.1, -0.05) is 0 Å². The Morgan fingerprint density at radius 3 is 2.23 bits per heavy atom. The molecule has 0 aliphatic carbocycles. The molecule has 0 radical (unpaired) electrons. The molecule has 0 saturated carbocycles. The second-order valence-electron chi connectivity index (χ2n) is 4.59. The van der Waals surface area contributed by atoms with Crippen molar-refractivity contribution in [3.8, 4) is 5.75 Å². The molecule has 1 saturated heterocycles. The van der Waals surface area contributed by atoms with Gasteiger partial charge in [0.25, 0.3) is 5.69 Å². The second-order valence-corrected chi connectivity index (χ2v) is 4.59. The SMILES string of the molecule is O=C(Oc1ccc([N+](=O)[O-])cc1)[C@H]1O[C@@H](O)[C@H](O)[C@@H](O)[C@@H]1O. The minimum Gasteiger partial charge on any atom is -0.425 e. The second kappa shape index (κ2) is 6.34. The standard InChI is InChI=1S/C12H13NO9/c14-7-8(15)10(22-11(17)9(7)16)12(18)21-6-3-1-5(2-4-6)13(19)20/h1-4,7-11,14-17H/t7-,8-,9+,10-,11+/m0/s1. The van der Waals surface area contributed by atoms with Crippen molar-refractivity contribution >= 4 is 11.7 Å². The number of rotatable bonds is 3. The molecule has 120 valence electrons. The van der Waals surface area contributed by atoms with Crippen LogP contribution in [0.2, 0.25) is 0 Å². The van der Waals surface area contributed by atoms with Crippen LogP contribution in [-0.2, 0) is 9.53 Å². The van der Waals surface area contributed by atoms with Crippen molar-refractivity contribution in [1.29, 1.82) is 0 Å². The summed E-state index contributed by atoms with van der Waals surface area (Å²) in [6.45, 7) is 0. The van der Waals surface area contributed by atoms with Gasteiger partial charge in [0.1, 0.15) is 24.1 Å². The summed E-state index contributed by atoms with van der Waals surface area (Å²) in [5.41, 5.74) is -0.206. The Morgan fingerprint density at radius 1 is 1.09 bits per heavy atom. The summed E-state index contributed by atoms with van der Waals surface area (Å²) in [5.74, 6) is -1.19. The summed E-state index contributed by atoms with van der Waals surface area (Å²) in [5, 5.41) is 48.2. The number of aliphatic hydroxyl groups excluding tert-OH is 4. The first-order chi connectivity index (χ1) is 10.3. The van der Waals surface area contributed by atoms with Gasteiger partial charge in [-0.3, -0.25) is 10.1 Å². The normalized spacial score (nSPS) is 31.5. The summed E-state index contributed by atoms with van der Waals surface area (Å²) in [6, 6.07) is 4.53. The Labute approximate surface area is 123 Å². The molecular formula is C12H13NO9. The van der Waals surface area contributed by atoms with Crippen molar-refractivity contribution < 1.29 is 39.6 Å². The third-order valence-corrected chi connectivity index (χ3v) is 3.09. The van der Waals surface area contributed by atoms with E-state index in [2.05, 4.69) is 4.74 Å². The monoisotopic (exact) mass is 315 g/mol. The summed E-state index contributed by atoms with van der Waals surface area (Å²) < 4.78 is 9.53. The molecule has 0 bridgehead atoms. The predicted octanol–water partition coefficient (Wildman–Crippen LogP) is -1.70. The van der Waals surface area contributed by atoms with Gasteiger partial charge >= 0.3 is 5.97 Å². The Morgan fingerprint density at radius 2 is 1.68 bits per heavy atom. The van der Waals surface area contributed by atoms with Crippen LogP contribution in [0, 0.1) is 10.1 Å². The van der Waals surface area contributed by atoms with Gasteiger partial charge in [0, 0.05) is 12.1 Å². The summed E-state index contributed by atoms with van der Waals surface area (Å²) >= 11 is 0. The molecule has 5 atom stereocenters. The molecule has 1 aliphatic rings. The minimum absolute atomic E-state index is 0.0542. The van der Waals surface area contributed by atoms with Gasteiger partial charge in [-0.25, -0.2) is 4.79 Å². The lowest BCUT2D eigenvalue weighted by Crippen LogP contribution is -2.60. The van der Waals surface area contributed by atoms with Gasteiger partial charge in [0.15, 0.2) is 12.4 Å². The number of nitrogens with zero attached hydrogens (tertiary/aromatic N) is 1. The van der Waals surface area contributed by atoms with Gasteiger partial charge in [-0.15, -0.1) is 0 Å². The maximum atomic E-state index is 11.8. The van der Waals surface area contributed by atoms with E-state index in [9.17, 15) is 35.3 Å². The Kier molecular flexibility index (Phi) is 4.68. The van der Waals surface area contributed by atoms with Gasteiger partial charge < -0.3 is 29.9 Å². The number of ether oxygens (including phenoxy) is 2. The fraction of sp³-hybridized carbons (Fsp3) is 0.417. The van der Waals surface area contributed by atoms with Crippen molar-refractivity contribution in [1.82, 2.24) is 0 Å². The summed E-state index contributed by atoms with van der Waals surface area (Å²) in [4.78, 5) is 21.7. The Balaban J connectivity index is 2.06. The maximum absolute atomic E-state index is 11.8. The molecule has 0 amide bonds. The molecular weight excluding hydrogens is 302 g/mol. The topological polar surface area (TPSA) is 160 Å². The third kappa shape index (κ3) is 3.21. The van der Waals surface area contributed by atoms with Crippen molar-refractivity contribution in [2.24, 2.45) is 0 Å². The van der Waals surface area contributed by atoms with Gasteiger partial charge in [0.2, 0.25) is 0 Å². The lowest BCUT2D eigenvalue weighted by molar-refractivity contribution is -0.384. The first-order valence-electron chi connectivity index (χ1n) is 6.15. The van der Waals surface area contributed by atoms with E-state index < -0.39 is 41.6 Å². The summed E-state index contributed by atoms with van der Waals surface area (Å²) in [6.07, 6.45) is -8.95. The first-order valence-corrected chi connectivity index (χ1v) is 6.15. The van der Waals surface area contributed by atoms with Crippen LogP contribution in [0.1, 0.15) is 0 Å². The molecule has 1 aliphatic heterocycles. The highest BCUT2D eigenvalue weighted by molar-refractivity contribution is 5.78. The zero-order valence-corrected chi connectivity index (χ0v) is 11.0. The highest BCUT2D eigenvalue weighted by Gasteiger charge is 2.47. The van der Waals surface area contributed by atoms with Crippen LogP contribution in [0.15, 0.2) is 24.3 Å². The molecule has 10 nitrogen and oxygen atoms in total. The number of esters is 1. The molecule has 4 N–H and O–H groups in total. The quantitative estimate of drug-likeness (QED) is 0.220. The highest BCUT2D eigenvalue weighted by Crippen LogP contribution is 2.23. The van der Waals surface area contributed by atoms with Gasteiger partial charge in [-0.05, 0) is 12.1 Å². The number of carbonyl (C=O) groups is 1. The maximum Gasteiger partial charge on any atom is 0.343 e. The average molecular weight is 315 g/mol. The van der Waals surface area contributed by atoms with E-state index in [1.54, 1.807) is 0 Å². The number of nitro groups is 1. The first kappa shape index (κ1) is 16.3. The van der Waals surface area contributed by atoms with E-state index in [1.807, 2.05) is 0 Å². The fourth-order valence-electron chi connectivity index (χ4n) is 1.87. The lowest BCUT2D eigenvalue weighted by Gasteiger charge is -2.36. The van der Waals surface area contributed by atoms with Crippen LogP contribution in [-0.4, -0.2) is 62.0 Å². The smallest absolute Gasteiger partial charge is 0.343 e. The van der Waals surface area contributed by atoms with Crippen LogP contribution in [0.25, 0.3) is 0 Å². The number of non-ortho nitro benzene ring substituents is 1. The molecule has 1 fully saturated rings. The van der Waals surface area contributed by atoms with Crippen LogP contribution in [0.5, 0.6) is 5.75 Å². The van der Waals surface area contributed by atoms with Gasteiger partial charge in [0.05, 0.1) is 4.92 Å². The van der Waals surface area contributed by atoms with E-state index in [1.165, 1.54) is 0 Å². The number of carbonyl (C=O) groups excluding carboxylic acids is 1. The third-order valence-electron chi connectivity index (χ3n) is 3.09. The van der Waals surface area contributed by atoms with E-state index in [0.717, 1.165) is 24.3 Å². The van der Waals surface area contributed by atoms with E-state index >= 15 is 0 Å². The molecule has 0 unspecified atom stereocenters. The van der Waals surface area contributed by atoms with E-state index in [0.29, 0.717) is 0 Å². The Bertz CT molecular complexity index is 560. The van der Waals surface area contributed by atoms with Crippen molar-refractivity contribution in [3.05, 3.63) is 34.4 Å². The number of benzene rings is 1. The zero-order valence-electron chi connectivity index (χ0n) is 11.0. The molecule has 1 aromatic carbocycles. The molecule has 1 aromatic rings. The van der Waals surface area contributed by atoms with E-state index in [-0.39, 0.29) is 11.4 Å². The van der Waals surface area contributed by atoms with Crippen molar-refractivity contribution in [2.45, 2.75) is 30.7 Å². The van der Waals surface area contributed by atoms with Crippen LogP contribution < -0.4 is 4.74 Å². The fourth-order valence-corrected chi connectivity index (χ4v) is 1.87. The zero-order chi connectivity index (χ0) is 16.4. The van der Waals surface area contributed by atoms with Crippen molar-refractivity contribution in [3.63, 3.8) is 0 Å². The number of aliphatic hydroxyl groups is 4. The number of hydrogen-bond acceptors (Lipinski definition) is 9. The molecule has 2 rings (SSSR count). The average Bonchev–Trinajstić information content (AvgIpc) is 2.49. The largest absolute Gasteiger partial charge is 0.425 e. The Hall–Kier alpha value is -2.11. The number of hydrogen-bond donors (Lipinski definition) is 4. The summed E-state index contributed by atoms with van der Waals surface area (Å²) in [7, 11) is 0. The van der Waals surface area contributed by atoms with Crippen LogP contribution in [0.4, 0.5) is 5.69 Å². The van der Waals surface area contributed by atoms with Gasteiger partial charge in [-0.2, -0.15) is 0 Å². The minimum atomic E-state index is -1.87. The van der Waals surface area contributed by atoms with E-state index in [4.69, 9.17) is 4.74 Å². The molecule has 1 heterocycles. The molecule has 0 spiro atoms. The van der Waals surface area contributed by atoms with Crippen LogP contribution in [0.3, 0.4) is 0 Å². The van der Waals surface area contributed by atoms with Crippen molar-refractivity contribution in [2.75, 3.05) is 0 Å². The highest BCUT2D eigenvalue weighted by atomic mass is 16.7. The van der Waals surface area contributed by atoms with Crippen LogP contribution >= 0.6 is 0 Å². The number of nitro benzene ring substituents is 1.